The van der Waals surface area contributed by atoms with Gasteiger partial charge in [0.2, 0.25) is 12.7 Å². The lowest BCUT2D eigenvalue weighted by Gasteiger charge is -2.25. The summed E-state index contributed by atoms with van der Waals surface area (Å²) in [5, 5.41) is 3.90. The number of amidine groups is 1. The van der Waals surface area contributed by atoms with Crippen molar-refractivity contribution in [3.05, 3.63) is 48.3 Å². The van der Waals surface area contributed by atoms with E-state index < -0.39 is 0 Å². The van der Waals surface area contributed by atoms with Gasteiger partial charge in [-0.3, -0.25) is 9.79 Å². The number of aromatic amines is 1. The summed E-state index contributed by atoms with van der Waals surface area (Å²) >= 11 is 5.76. The minimum atomic E-state index is -0.244. The highest BCUT2D eigenvalue weighted by atomic mass is 32.1. The van der Waals surface area contributed by atoms with Crippen LogP contribution in [0.15, 0.2) is 47.7 Å². The van der Waals surface area contributed by atoms with E-state index in [9.17, 15) is 4.79 Å². The summed E-state index contributed by atoms with van der Waals surface area (Å²) in [5.41, 5.74) is 3.75. The van der Waals surface area contributed by atoms with E-state index in [1.807, 2.05) is 41.3 Å². The first-order chi connectivity index (χ1) is 16.7. The van der Waals surface area contributed by atoms with E-state index in [-0.39, 0.29) is 18.7 Å². The van der Waals surface area contributed by atoms with Crippen molar-refractivity contribution >= 4 is 45.8 Å². The highest BCUT2D eigenvalue weighted by Crippen LogP contribution is 2.39. The Labute approximate surface area is 201 Å². The third-order valence-corrected chi connectivity index (χ3v) is 6.70. The Hall–Kier alpha value is -3.66. The summed E-state index contributed by atoms with van der Waals surface area (Å²) in [6.07, 6.45) is 4.09. The summed E-state index contributed by atoms with van der Waals surface area (Å²) in [7, 11) is 0. The molecule has 0 bridgehead atoms. The minimum Gasteiger partial charge on any atom is -0.454 e. The maximum atomic E-state index is 11.9. The van der Waals surface area contributed by atoms with E-state index in [2.05, 4.69) is 20.2 Å². The number of likely N-dealkylation sites (tertiary alicyclic amines) is 1. The second kappa shape index (κ2) is 8.60. The number of aromatic nitrogens is 2. The number of benzene rings is 2. The number of carbonyl (C=O) groups is 1. The van der Waals surface area contributed by atoms with Crippen molar-refractivity contribution in [1.82, 2.24) is 20.2 Å². The SMILES string of the molecule is O=C1CCCN1CCC/N=C1/NC(=S)N(c2ccc3[nH]cnc3c2)C1c1ccc2c(c1)OCO2. The second-order valence-electron chi connectivity index (χ2n) is 8.52. The third-order valence-electron chi connectivity index (χ3n) is 6.41. The van der Waals surface area contributed by atoms with Crippen LogP contribution in [0.25, 0.3) is 11.0 Å². The van der Waals surface area contributed by atoms with Crippen LogP contribution in [-0.4, -0.2) is 58.2 Å². The molecule has 9 nitrogen and oxygen atoms in total. The number of nitrogens with one attached hydrogen (secondary N) is 2. The van der Waals surface area contributed by atoms with Gasteiger partial charge in [0.25, 0.3) is 0 Å². The molecule has 3 aliphatic heterocycles. The predicted octanol–water partition coefficient (Wildman–Crippen LogP) is 3.14. The molecule has 2 aromatic carbocycles. The maximum absolute atomic E-state index is 11.9. The topological polar surface area (TPSA) is 95.1 Å². The average Bonchev–Trinajstić information content (AvgIpc) is 3.62. The first kappa shape index (κ1) is 20.9. The summed E-state index contributed by atoms with van der Waals surface area (Å²) in [6, 6.07) is 11.7. The van der Waals surface area contributed by atoms with Crippen LogP contribution in [-0.2, 0) is 4.79 Å². The molecule has 4 heterocycles. The molecule has 0 spiro atoms. The number of aliphatic imine (C=N–C) groups is 1. The van der Waals surface area contributed by atoms with Crippen molar-refractivity contribution in [1.29, 1.82) is 0 Å². The molecule has 0 aliphatic carbocycles. The van der Waals surface area contributed by atoms with Crippen LogP contribution in [0.2, 0.25) is 0 Å². The van der Waals surface area contributed by atoms with Gasteiger partial charge in [0, 0.05) is 31.7 Å². The molecule has 0 saturated carbocycles. The zero-order valence-corrected chi connectivity index (χ0v) is 19.3. The van der Waals surface area contributed by atoms with Gasteiger partial charge in [-0.05, 0) is 61.0 Å². The third kappa shape index (κ3) is 3.73. The number of fused-ring (bicyclic) bond motifs is 2. The normalized spacial score (nSPS) is 20.7. The molecule has 6 rings (SSSR count). The van der Waals surface area contributed by atoms with Crippen molar-refractivity contribution in [2.24, 2.45) is 4.99 Å². The van der Waals surface area contributed by atoms with Gasteiger partial charge in [-0.15, -0.1) is 0 Å². The van der Waals surface area contributed by atoms with Crippen LogP contribution in [0.3, 0.4) is 0 Å². The van der Waals surface area contributed by atoms with E-state index >= 15 is 0 Å². The molecule has 1 unspecified atom stereocenters. The predicted molar refractivity (Wildman–Crippen MR) is 132 cm³/mol. The van der Waals surface area contributed by atoms with Crippen molar-refractivity contribution in [2.75, 3.05) is 31.3 Å². The highest BCUT2D eigenvalue weighted by Gasteiger charge is 2.37. The van der Waals surface area contributed by atoms with Gasteiger partial charge in [-0.2, -0.15) is 0 Å². The first-order valence-corrected chi connectivity index (χ1v) is 11.8. The fraction of sp³-hybridized carbons (Fsp3) is 0.333. The van der Waals surface area contributed by atoms with E-state index in [1.165, 1.54) is 0 Å². The Morgan fingerprint density at radius 3 is 2.97 bits per heavy atom. The fourth-order valence-corrected chi connectivity index (χ4v) is 5.05. The second-order valence-corrected chi connectivity index (χ2v) is 8.91. The number of rotatable bonds is 6. The number of anilines is 1. The fourth-order valence-electron chi connectivity index (χ4n) is 4.73. The smallest absolute Gasteiger partial charge is 0.231 e. The van der Waals surface area contributed by atoms with Crippen LogP contribution in [0.1, 0.15) is 30.9 Å². The molecule has 34 heavy (non-hydrogen) atoms. The van der Waals surface area contributed by atoms with Crippen molar-refractivity contribution < 1.29 is 14.3 Å². The lowest BCUT2D eigenvalue weighted by atomic mass is 10.0. The summed E-state index contributed by atoms with van der Waals surface area (Å²) in [6.45, 7) is 2.40. The molecule has 2 saturated heterocycles. The maximum Gasteiger partial charge on any atom is 0.231 e. The molecular formula is C24H24N6O3S. The number of carbonyl (C=O) groups excluding carboxylic acids is 1. The lowest BCUT2D eigenvalue weighted by molar-refractivity contribution is -0.127. The zero-order valence-electron chi connectivity index (χ0n) is 18.5. The molecule has 2 N–H and O–H groups in total. The Morgan fingerprint density at radius 2 is 2.09 bits per heavy atom. The van der Waals surface area contributed by atoms with Gasteiger partial charge in [0.15, 0.2) is 16.6 Å². The largest absolute Gasteiger partial charge is 0.454 e. The van der Waals surface area contributed by atoms with Gasteiger partial charge >= 0.3 is 0 Å². The lowest BCUT2D eigenvalue weighted by Crippen LogP contribution is -2.29. The van der Waals surface area contributed by atoms with Gasteiger partial charge in [-0.1, -0.05) is 6.07 Å². The molecule has 2 fully saturated rings. The van der Waals surface area contributed by atoms with Crippen molar-refractivity contribution in [2.45, 2.75) is 25.3 Å². The van der Waals surface area contributed by atoms with Gasteiger partial charge < -0.3 is 29.6 Å². The number of hydrogen-bond acceptors (Lipinski definition) is 6. The Morgan fingerprint density at radius 1 is 1.18 bits per heavy atom. The van der Waals surface area contributed by atoms with E-state index in [0.717, 1.165) is 59.8 Å². The van der Waals surface area contributed by atoms with Crippen LogP contribution in [0.4, 0.5) is 5.69 Å². The van der Waals surface area contributed by atoms with Gasteiger partial charge in [0.05, 0.1) is 17.4 Å². The van der Waals surface area contributed by atoms with Crippen molar-refractivity contribution in [3.63, 3.8) is 0 Å². The minimum absolute atomic E-state index is 0.218. The zero-order chi connectivity index (χ0) is 23.1. The number of amides is 1. The Bertz CT molecular complexity index is 1300. The standard InChI is InChI=1S/C24H24N6O3S/c31-21-3-1-9-29(21)10-2-8-25-23-22(15-4-7-19-20(11-15)33-14-32-19)30(24(34)28-23)16-5-6-17-18(12-16)27-13-26-17/h4-7,11-13,22H,1-3,8-10,14H2,(H,26,27)(H,25,28,34). The Balaban J connectivity index is 1.31. The number of hydrogen-bond donors (Lipinski definition) is 2. The van der Waals surface area contributed by atoms with Crippen LogP contribution >= 0.6 is 12.2 Å². The molecule has 3 aromatic rings. The van der Waals surface area contributed by atoms with Crippen LogP contribution in [0.5, 0.6) is 11.5 Å². The molecule has 1 amide bonds. The Kier molecular flexibility index (Phi) is 5.29. The monoisotopic (exact) mass is 476 g/mol. The van der Waals surface area contributed by atoms with E-state index in [0.29, 0.717) is 23.8 Å². The summed E-state index contributed by atoms with van der Waals surface area (Å²) in [4.78, 5) is 28.3. The molecule has 174 valence electrons. The first-order valence-electron chi connectivity index (χ1n) is 11.4. The van der Waals surface area contributed by atoms with E-state index in [4.69, 9.17) is 26.7 Å². The molecule has 1 aromatic heterocycles. The highest BCUT2D eigenvalue weighted by molar-refractivity contribution is 7.80. The van der Waals surface area contributed by atoms with Gasteiger partial charge in [-0.25, -0.2) is 4.98 Å². The number of H-pyrrole nitrogens is 1. The van der Waals surface area contributed by atoms with Crippen molar-refractivity contribution in [3.8, 4) is 11.5 Å². The van der Waals surface area contributed by atoms with E-state index in [1.54, 1.807) is 6.33 Å². The number of ether oxygens (including phenoxy) is 2. The number of imidazole rings is 1. The van der Waals surface area contributed by atoms with Crippen LogP contribution in [0, 0.1) is 0 Å². The van der Waals surface area contributed by atoms with Gasteiger partial charge in [0.1, 0.15) is 11.9 Å². The quantitative estimate of drug-likeness (QED) is 0.417. The average molecular weight is 477 g/mol. The summed E-state index contributed by atoms with van der Waals surface area (Å²) in [5.74, 6) is 2.46. The molecule has 0 radical (unpaired) electrons. The molecule has 10 heteroatoms. The number of thiocarbonyl (C=S) groups is 1. The number of nitrogens with zero attached hydrogens (tertiary/aromatic N) is 4. The summed E-state index contributed by atoms with van der Waals surface area (Å²) < 4.78 is 11.1. The molecule has 1 atom stereocenters. The van der Waals surface area contributed by atoms with Crippen LogP contribution < -0.4 is 19.7 Å². The molecule has 3 aliphatic rings. The molecular weight excluding hydrogens is 452 g/mol.